The fourth-order valence-corrected chi connectivity index (χ4v) is 3.22. The van der Waals surface area contributed by atoms with Gasteiger partial charge in [-0.2, -0.15) is 0 Å². The van der Waals surface area contributed by atoms with Crippen LogP contribution >= 0.6 is 11.3 Å². The van der Waals surface area contributed by atoms with Gasteiger partial charge < -0.3 is 11.1 Å². The molecule has 0 bridgehead atoms. The fourth-order valence-electron chi connectivity index (χ4n) is 2.26. The number of nitrogens with one attached hydrogen (secondary N) is 1. The number of benzene rings is 2. The van der Waals surface area contributed by atoms with Gasteiger partial charge in [0.15, 0.2) is 0 Å². The largest absolute Gasteiger partial charge is 0.374 e. The number of fused-ring (bicyclic) bond motifs is 1. The number of nitrogens with two attached hydrogens (primary N) is 1. The Hall–Kier alpha value is -2.40. The maximum Gasteiger partial charge on any atom is 0.239 e. The summed E-state index contributed by atoms with van der Waals surface area (Å²) in [5.41, 5.74) is 9.36. The summed E-state index contributed by atoms with van der Waals surface area (Å²) in [5, 5.41) is 4.12. The Morgan fingerprint density at radius 2 is 2.05 bits per heavy atom. The summed E-state index contributed by atoms with van der Waals surface area (Å²) in [6.45, 7) is 3.76. The van der Waals surface area contributed by atoms with Crippen LogP contribution in [0.25, 0.3) is 20.8 Å². The molecule has 5 heteroatoms. The number of carbonyl (C=O) groups excluding carboxylic acids is 1. The molecular weight excluding hydrogens is 294 g/mol. The van der Waals surface area contributed by atoms with E-state index in [9.17, 15) is 4.79 Å². The van der Waals surface area contributed by atoms with Crippen LogP contribution in [0.15, 0.2) is 42.5 Å². The van der Waals surface area contributed by atoms with E-state index in [0.717, 1.165) is 27.3 Å². The van der Waals surface area contributed by atoms with Crippen molar-refractivity contribution >= 4 is 33.1 Å². The van der Waals surface area contributed by atoms with E-state index in [4.69, 9.17) is 5.73 Å². The lowest BCUT2D eigenvalue weighted by Gasteiger charge is -2.14. The fraction of sp³-hybridized carbons (Fsp3) is 0.176. The van der Waals surface area contributed by atoms with Gasteiger partial charge in [0, 0.05) is 11.3 Å². The lowest BCUT2D eigenvalue weighted by atomic mass is 10.1. The number of amides is 1. The van der Waals surface area contributed by atoms with Crippen LogP contribution in [0.5, 0.6) is 0 Å². The first-order chi connectivity index (χ1) is 10.5. The van der Waals surface area contributed by atoms with Crippen molar-refractivity contribution in [2.75, 3.05) is 5.32 Å². The van der Waals surface area contributed by atoms with Crippen molar-refractivity contribution in [3.63, 3.8) is 0 Å². The van der Waals surface area contributed by atoms with Gasteiger partial charge in [-0.1, -0.05) is 12.1 Å². The second-order valence-corrected chi connectivity index (χ2v) is 6.32. The Balaban J connectivity index is 1.92. The van der Waals surface area contributed by atoms with E-state index in [1.807, 2.05) is 37.3 Å². The zero-order valence-corrected chi connectivity index (χ0v) is 13.3. The number of thiazole rings is 1. The number of nitrogens with zero attached hydrogens (tertiary/aromatic N) is 1. The number of aromatic nitrogens is 1. The van der Waals surface area contributed by atoms with Crippen LogP contribution in [0.1, 0.15) is 12.5 Å². The van der Waals surface area contributed by atoms with E-state index in [1.54, 1.807) is 18.3 Å². The molecule has 112 valence electrons. The minimum atomic E-state index is -0.396. The second-order valence-electron chi connectivity index (χ2n) is 5.28. The standard InChI is InChI=1S/C17H17N3OS/c1-10-9-12(7-8-13(10)19-11(2)16(18)21)17-20-14-5-3-4-6-15(14)22-17/h3-9,11,19H,1-2H3,(H2,18,21). The molecule has 3 aromatic rings. The first-order valence-electron chi connectivity index (χ1n) is 7.07. The van der Waals surface area contributed by atoms with E-state index in [-0.39, 0.29) is 5.91 Å². The number of para-hydroxylation sites is 1. The van der Waals surface area contributed by atoms with Crippen LogP contribution in [0.3, 0.4) is 0 Å². The minimum absolute atomic E-state index is 0.366. The molecule has 0 aliphatic carbocycles. The van der Waals surface area contributed by atoms with Crippen LogP contribution in [0, 0.1) is 6.92 Å². The summed E-state index contributed by atoms with van der Waals surface area (Å²) in [4.78, 5) is 15.8. The van der Waals surface area contributed by atoms with Crippen LogP contribution in [0.4, 0.5) is 5.69 Å². The molecule has 3 rings (SSSR count). The Morgan fingerprint density at radius 3 is 2.73 bits per heavy atom. The first-order valence-corrected chi connectivity index (χ1v) is 7.88. The number of carbonyl (C=O) groups is 1. The van der Waals surface area contributed by atoms with Crippen molar-refractivity contribution in [1.29, 1.82) is 0 Å². The predicted octanol–water partition coefficient (Wildman–Crippen LogP) is 3.56. The molecule has 3 N–H and O–H groups in total. The van der Waals surface area contributed by atoms with Crippen molar-refractivity contribution in [2.24, 2.45) is 5.73 Å². The van der Waals surface area contributed by atoms with Crippen molar-refractivity contribution in [1.82, 2.24) is 4.98 Å². The summed E-state index contributed by atoms with van der Waals surface area (Å²) in [7, 11) is 0. The van der Waals surface area contributed by atoms with Crippen molar-refractivity contribution in [3.05, 3.63) is 48.0 Å². The first kappa shape index (κ1) is 14.5. The molecule has 1 heterocycles. The molecule has 1 aromatic heterocycles. The predicted molar refractivity (Wildman–Crippen MR) is 92.1 cm³/mol. The molecule has 0 aliphatic rings. The topological polar surface area (TPSA) is 68.0 Å². The molecule has 1 amide bonds. The van der Waals surface area contributed by atoms with Gasteiger partial charge in [-0.3, -0.25) is 4.79 Å². The zero-order valence-electron chi connectivity index (χ0n) is 12.5. The molecule has 22 heavy (non-hydrogen) atoms. The summed E-state index contributed by atoms with van der Waals surface area (Å²) in [5.74, 6) is -0.366. The normalized spacial score (nSPS) is 12.3. The SMILES string of the molecule is Cc1cc(-c2nc3ccccc3s2)ccc1NC(C)C(N)=O. The average Bonchev–Trinajstić information content (AvgIpc) is 2.93. The third-order valence-corrected chi connectivity index (χ3v) is 4.65. The summed E-state index contributed by atoms with van der Waals surface area (Å²) in [6.07, 6.45) is 0. The van der Waals surface area contributed by atoms with Gasteiger partial charge in [-0.25, -0.2) is 4.98 Å². The highest BCUT2D eigenvalue weighted by Gasteiger charge is 2.11. The maximum atomic E-state index is 11.2. The Labute approximate surface area is 133 Å². The summed E-state index contributed by atoms with van der Waals surface area (Å²) in [6, 6.07) is 13.8. The van der Waals surface area contributed by atoms with Crippen LogP contribution in [-0.4, -0.2) is 16.9 Å². The number of aryl methyl sites for hydroxylation is 1. The highest BCUT2D eigenvalue weighted by atomic mass is 32.1. The lowest BCUT2D eigenvalue weighted by Crippen LogP contribution is -2.32. The molecule has 4 nitrogen and oxygen atoms in total. The van der Waals surface area contributed by atoms with Gasteiger partial charge in [0.05, 0.1) is 10.2 Å². The Bertz CT molecular complexity index is 808. The molecule has 1 atom stereocenters. The van der Waals surface area contributed by atoms with Gasteiger partial charge in [-0.05, 0) is 49.7 Å². The molecule has 2 aromatic carbocycles. The molecule has 0 aliphatic heterocycles. The van der Waals surface area contributed by atoms with E-state index in [0.29, 0.717) is 0 Å². The monoisotopic (exact) mass is 311 g/mol. The molecule has 0 radical (unpaired) electrons. The van der Waals surface area contributed by atoms with Crippen LogP contribution < -0.4 is 11.1 Å². The van der Waals surface area contributed by atoms with E-state index >= 15 is 0 Å². The Morgan fingerprint density at radius 1 is 1.27 bits per heavy atom. The van der Waals surface area contributed by atoms with Crippen molar-refractivity contribution < 1.29 is 4.79 Å². The average molecular weight is 311 g/mol. The number of rotatable bonds is 4. The third-order valence-electron chi connectivity index (χ3n) is 3.57. The summed E-state index contributed by atoms with van der Waals surface area (Å²) < 4.78 is 1.18. The van der Waals surface area contributed by atoms with Gasteiger partial charge in [-0.15, -0.1) is 11.3 Å². The van der Waals surface area contributed by atoms with Gasteiger partial charge in [0.2, 0.25) is 5.91 Å². The number of hydrogen-bond donors (Lipinski definition) is 2. The maximum absolute atomic E-state index is 11.2. The lowest BCUT2D eigenvalue weighted by molar-refractivity contribution is -0.118. The van der Waals surface area contributed by atoms with Crippen molar-refractivity contribution in [2.45, 2.75) is 19.9 Å². The van der Waals surface area contributed by atoms with Gasteiger partial charge in [0.25, 0.3) is 0 Å². The molecule has 0 spiro atoms. The number of primary amides is 1. The van der Waals surface area contributed by atoms with E-state index in [2.05, 4.69) is 22.4 Å². The molecule has 0 saturated carbocycles. The smallest absolute Gasteiger partial charge is 0.239 e. The van der Waals surface area contributed by atoms with Crippen molar-refractivity contribution in [3.8, 4) is 10.6 Å². The Kier molecular flexibility index (Phi) is 3.81. The minimum Gasteiger partial charge on any atom is -0.374 e. The van der Waals surface area contributed by atoms with Crippen LogP contribution in [-0.2, 0) is 4.79 Å². The quantitative estimate of drug-likeness (QED) is 0.774. The van der Waals surface area contributed by atoms with E-state index in [1.165, 1.54) is 4.70 Å². The molecule has 1 unspecified atom stereocenters. The highest BCUT2D eigenvalue weighted by Crippen LogP contribution is 2.31. The zero-order chi connectivity index (χ0) is 15.7. The van der Waals surface area contributed by atoms with E-state index < -0.39 is 6.04 Å². The third kappa shape index (κ3) is 2.80. The molecule has 0 fully saturated rings. The molecular formula is C17H17N3OS. The van der Waals surface area contributed by atoms with Crippen LogP contribution in [0.2, 0.25) is 0 Å². The number of hydrogen-bond acceptors (Lipinski definition) is 4. The van der Waals surface area contributed by atoms with Gasteiger partial charge >= 0.3 is 0 Å². The summed E-state index contributed by atoms with van der Waals surface area (Å²) >= 11 is 1.68. The molecule has 0 saturated heterocycles. The second kappa shape index (κ2) is 5.77. The van der Waals surface area contributed by atoms with Gasteiger partial charge in [0.1, 0.15) is 11.0 Å². The number of anilines is 1. The highest BCUT2D eigenvalue weighted by molar-refractivity contribution is 7.21.